The van der Waals surface area contributed by atoms with Crippen LogP contribution in [0.25, 0.3) is 0 Å². The molecule has 1 aromatic carbocycles. The van der Waals surface area contributed by atoms with Gasteiger partial charge in [0.1, 0.15) is 5.54 Å². The number of fused-ring (bicyclic) bond motifs is 1. The molecule has 2 saturated carbocycles. The second kappa shape index (κ2) is 12.2. The maximum Gasteiger partial charge on any atom is 0.272 e. The van der Waals surface area contributed by atoms with E-state index in [0.717, 1.165) is 74.7 Å². The van der Waals surface area contributed by atoms with Gasteiger partial charge in [-0.1, -0.05) is 71.1 Å². The number of nitrogens with zero attached hydrogens (tertiary/aromatic N) is 2. The van der Waals surface area contributed by atoms with Gasteiger partial charge in [-0.15, -0.1) is 0 Å². The van der Waals surface area contributed by atoms with Crippen LogP contribution in [0.5, 0.6) is 0 Å². The quantitative estimate of drug-likeness (QED) is 0.460. The van der Waals surface area contributed by atoms with Gasteiger partial charge in [0.25, 0.3) is 5.91 Å². The van der Waals surface area contributed by atoms with E-state index in [4.69, 9.17) is 4.99 Å². The molecule has 1 heterocycles. The van der Waals surface area contributed by atoms with E-state index >= 15 is 0 Å². The van der Waals surface area contributed by atoms with Crippen molar-refractivity contribution >= 4 is 29.1 Å². The molecule has 0 spiro atoms. The van der Waals surface area contributed by atoms with E-state index in [1.807, 2.05) is 23.1 Å². The van der Waals surface area contributed by atoms with Crippen LogP contribution in [0.3, 0.4) is 0 Å². The lowest BCUT2D eigenvalue weighted by atomic mass is 9.93. The second-order valence-electron chi connectivity index (χ2n) is 11.5. The average molecular weight is 509 g/mol. The molecule has 1 atom stereocenters. The molecule has 1 aliphatic heterocycles. The van der Waals surface area contributed by atoms with E-state index in [1.54, 1.807) is 0 Å². The maximum atomic E-state index is 13.9. The topological polar surface area (TPSA) is 90.9 Å². The van der Waals surface area contributed by atoms with Gasteiger partial charge in [-0.3, -0.25) is 19.4 Å². The van der Waals surface area contributed by atoms with Crippen LogP contribution in [0.2, 0.25) is 0 Å². The number of benzene rings is 1. The highest BCUT2D eigenvalue weighted by Gasteiger charge is 2.45. The molecule has 2 N–H and O–H groups in total. The van der Waals surface area contributed by atoms with Crippen molar-refractivity contribution in [2.24, 2.45) is 16.8 Å². The number of carbonyl (C=O) groups is 3. The third-order valence-electron chi connectivity index (χ3n) is 8.20. The first-order valence-electron chi connectivity index (χ1n) is 14.4. The number of hydrogen-bond donors (Lipinski definition) is 2. The Hall–Kier alpha value is -2.70. The van der Waals surface area contributed by atoms with Crippen molar-refractivity contribution < 1.29 is 14.4 Å². The Balaban J connectivity index is 1.64. The van der Waals surface area contributed by atoms with Crippen LogP contribution < -0.4 is 15.5 Å². The summed E-state index contributed by atoms with van der Waals surface area (Å²) in [6.45, 7) is 6.87. The number of rotatable bonds is 10. The maximum absolute atomic E-state index is 13.9. The molecule has 2 aliphatic carbocycles. The highest BCUT2D eigenvalue weighted by atomic mass is 16.2. The van der Waals surface area contributed by atoms with E-state index in [9.17, 15) is 14.4 Å². The van der Waals surface area contributed by atoms with Gasteiger partial charge in [0.2, 0.25) is 18.0 Å². The fraction of sp³-hybridized carbons (Fsp3) is 0.667. The molecule has 0 radical (unpaired) electrons. The highest BCUT2D eigenvalue weighted by Crippen LogP contribution is 2.35. The summed E-state index contributed by atoms with van der Waals surface area (Å²) in [4.78, 5) is 47.4. The summed E-state index contributed by atoms with van der Waals surface area (Å²) in [6.07, 6.45) is 9.37. The third-order valence-corrected chi connectivity index (χ3v) is 8.20. The predicted octanol–water partition coefficient (Wildman–Crippen LogP) is 5.12. The summed E-state index contributed by atoms with van der Waals surface area (Å²) >= 11 is 0. The molecule has 3 aliphatic rings. The number of unbranched alkanes of at least 4 members (excludes halogenated alkanes) is 1. The molecule has 7 nitrogen and oxygen atoms in total. The highest BCUT2D eigenvalue weighted by molar-refractivity contribution is 6.14. The van der Waals surface area contributed by atoms with Gasteiger partial charge in [-0.05, 0) is 50.5 Å². The van der Waals surface area contributed by atoms with Crippen molar-refractivity contribution in [1.29, 1.82) is 0 Å². The van der Waals surface area contributed by atoms with E-state index in [-0.39, 0.29) is 23.6 Å². The van der Waals surface area contributed by atoms with Crippen LogP contribution in [0.4, 0.5) is 5.69 Å². The summed E-state index contributed by atoms with van der Waals surface area (Å²) in [5.74, 6) is 0.140. The number of para-hydroxylation sites is 1. The molecule has 1 aromatic rings. The molecule has 37 heavy (non-hydrogen) atoms. The number of aliphatic imine (C=N–C) groups is 1. The number of benzodiazepines with no additional fused rings is 1. The fourth-order valence-electron chi connectivity index (χ4n) is 6.02. The molecule has 0 saturated heterocycles. The molecule has 0 bridgehead atoms. The zero-order valence-corrected chi connectivity index (χ0v) is 22.9. The van der Waals surface area contributed by atoms with Crippen LogP contribution in [0.15, 0.2) is 29.3 Å². The molecule has 7 heteroatoms. The smallest absolute Gasteiger partial charge is 0.272 e. The van der Waals surface area contributed by atoms with Gasteiger partial charge in [-0.25, -0.2) is 0 Å². The van der Waals surface area contributed by atoms with Gasteiger partial charge >= 0.3 is 0 Å². The van der Waals surface area contributed by atoms with Gasteiger partial charge in [0.05, 0.1) is 11.4 Å². The fourth-order valence-corrected chi connectivity index (χ4v) is 6.02. The molecule has 202 valence electrons. The Morgan fingerprint density at radius 3 is 2.49 bits per heavy atom. The van der Waals surface area contributed by atoms with Crippen molar-refractivity contribution in [3.8, 4) is 0 Å². The SMILES string of the molecule is CCCCN1C(=O)C(NC(=O)C2(NC(=O)CCC(C)C)CCCC2)N=C(C2CCCC2)c2ccccc21. The predicted molar refractivity (Wildman–Crippen MR) is 148 cm³/mol. The van der Waals surface area contributed by atoms with Crippen molar-refractivity contribution in [3.63, 3.8) is 0 Å². The largest absolute Gasteiger partial charge is 0.342 e. The van der Waals surface area contributed by atoms with Crippen LogP contribution in [-0.2, 0) is 14.4 Å². The molecular formula is C30H44N4O3. The van der Waals surface area contributed by atoms with E-state index in [2.05, 4.69) is 37.5 Å². The average Bonchev–Trinajstić information content (AvgIpc) is 3.57. The number of anilines is 1. The first-order chi connectivity index (χ1) is 17.8. The summed E-state index contributed by atoms with van der Waals surface area (Å²) in [5.41, 5.74) is 1.87. The van der Waals surface area contributed by atoms with Crippen molar-refractivity contribution in [2.45, 2.75) is 110 Å². The molecular weight excluding hydrogens is 464 g/mol. The lowest BCUT2D eigenvalue weighted by Gasteiger charge is -2.31. The molecule has 1 unspecified atom stereocenters. The normalized spacial score (nSPS) is 21.5. The molecule has 2 fully saturated rings. The summed E-state index contributed by atoms with van der Waals surface area (Å²) < 4.78 is 0. The van der Waals surface area contributed by atoms with Crippen LogP contribution in [0.1, 0.15) is 103 Å². The van der Waals surface area contributed by atoms with Crippen molar-refractivity contribution in [1.82, 2.24) is 10.6 Å². The van der Waals surface area contributed by atoms with Gasteiger partial charge in [0, 0.05) is 24.4 Å². The Kier molecular flexibility index (Phi) is 9.04. The summed E-state index contributed by atoms with van der Waals surface area (Å²) in [5, 5.41) is 6.10. The first-order valence-corrected chi connectivity index (χ1v) is 14.4. The Morgan fingerprint density at radius 2 is 1.81 bits per heavy atom. The Bertz CT molecular complexity index is 1010. The molecule has 0 aromatic heterocycles. The number of amides is 3. The minimum absolute atomic E-state index is 0.0925. The van der Waals surface area contributed by atoms with Crippen molar-refractivity contribution in [2.75, 3.05) is 11.4 Å². The summed E-state index contributed by atoms with van der Waals surface area (Å²) in [6, 6.07) is 8.04. The minimum atomic E-state index is -0.989. The standard InChI is InChI=1S/C30H44N4O3/c1-4-5-20-34-24-15-9-8-14-23(24)26(22-12-6-7-13-22)31-27(28(34)36)32-29(37)30(18-10-11-19-30)33-25(35)17-16-21(2)3/h8-9,14-15,21-22,27H,4-7,10-13,16-20H2,1-3H3,(H,32,37)(H,33,35). The monoisotopic (exact) mass is 508 g/mol. The Labute approximate surface area is 221 Å². The summed E-state index contributed by atoms with van der Waals surface area (Å²) in [7, 11) is 0. The minimum Gasteiger partial charge on any atom is -0.342 e. The third kappa shape index (κ3) is 6.24. The number of hydrogen-bond acceptors (Lipinski definition) is 4. The zero-order valence-electron chi connectivity index (χ0n) is 22.9. The Morgan fingerprint density at radius 1 is 1.11 bits per heavy atom. The lowest BCUT2D eigenvalue weighted by molar-refractivity contribution is -0.135. The van der Waals surface area contributed by atoms with E-state index in [1.165, 1.54) is 0 Å². The zero-order chi connectivity index (χ0) is 26.4. The molecule has 4 rings (SSSR count). The first kappa shape index (κ1) is 27.3. The van der Waals surface area contributed by atoms with E-state index in [0.29, 0.717) is 31.7 Å². The van der Waals surface area contributed by atoms with Crippen LogP contribution in [-0.4, -0.2) is 41.7 Å². The van der Waals surface area contributed by atoms with Gasteiger partial charge < -0.3 is 15.5 Å². The van der Waals surface area contributed by atoms with Crippen LogP contribution in [0, 0.1) is 11.8 Å². The van der Waals surface area contributed by atoms with Crippen molar-refractivity contribution in [3.05, 3.63) is 29.8 Å². The molecule has 3 amide bonds. The van der Waals surface area contributed by atoms with Gasteiger partial charge in [-0.2, -0.15) is 0 Å². The number of nitrogens with one attached hydrogen (secondary N) is 2. The second-order valence-corrected chi connectivity index (χ2v) is 11.5. The number of carbonyl (C=O) groups excluding carboxylic acids is 3. The van der Waals surface area contributed by atoms with Gasteiger partial charge in [0.15, 0.2) is 0 Å². The lowest BCUT2D eigenvalue weighted by Crippen LogP contribution is -2.60. The van der Waals surface area contributed by atoms with Crippen LogP contribution >= 0.6 is 0 Å². The van der Waals surface area contributed by atoms with E-state index < -0.39 is 11.7 Å².